The summed E-state index contributed by atoms with van der Waals surface area (Å²) in [6.45, 7) is 8.20. The Kier molecular flexibility index (Phi) is 13.8. The lowest BCUT2D eigenvalue weighted by molar-refractivity contribution is -0.0691. The van der Waals surface area contributed by atoms with Gasteiger partial charge in [0, 0.05) is 6.04 Å². The average molecular weight is 746 g/mol. The molecule has 1 aliphatic rings. The number of rotatable bonds is 16. The molecule has 3 aromatic rings. The molecule has 20 heteroatoms. The van der Waals surface area contributed by atoms with Crippen molar-refractivity contribution < 1.29 is 61.8 Å². The molecule has 4 rings (SSSR count). The van der Waals surface area contributed by atoms with Gasteiger partial charge >= 0.3 is 19.9 Å². The van der Waals surface area contributed by atoms with Gasteiger partial charge in [-0.1, -0.05) is 29.8 Å². The molecule has 0 unspecified atom stereocenters. The fourth-order valence-corrected chi connectivity index (χ4v) is 5.71. The molecule has 1 fully saturated rings. The van der Waals surface area contributed by atoms with Crippen LogP contribution < -0.4 is 5.32 Å². The second-order valence-corrected chi connectivity index (χ2v) is 14.1. The maximum absolute atomic E-state index is 13.4. The normalized spacial score (nSPS) is 19.9. The highest BCUT2D eigenvalue weighted by molar-refractivity contribution is 7.53. The molecular weight excluding hydrogens is 705 g/mol. The van der Waals surface area contributed by atoms with Crippen LogP contribution in [0.15, 0.2) is 30.5 Å². The number of carbonyl (C=O) groups is 2. The molecule has 0 spiro atoms. The third-order valence-electron chi connectivity index (χ3n) is 6.98. The average Bonchev–Trinajstić information content (AvgIpc) is 3.56. The lowest BCUT2D eigenvalue weighted by Gasteiger charge is -2.20. The van der Waals surface area contributed by atoms with E-state index in [0.717, 1.165) is 11.1 Å². The molecule has 0 amide bonds. The van der Waals surface area contributed by atoms with Crippen LogP contribution in [0.1, 0.15) is 58.0 Å². The molecule has 0 aliphatic carbocycles. The van der Waals surface area contributed by atoms with Crippen molar-refractivity contribution in [3.05, 3.63) is 46.9 Å². The highest BCUT2D eigenvalue weighted by Gasteiger charge is 2.45. The molecule has 3 N–H and O–H groups in total. The van der Waals surface area contributed by atoms with Crippen molar-refractivity contribution >= 4 is 48.4 Å². The van der Waals surface area contributed by atoms with Gasteiger partial charge in [-0.05, 0) is 58.7 Å². The Balaban J connectivity index is 1.41. The number of hydrogen-bond acceptors (Lipinski definition) is 17. The van der Waals surface area contributed by atoms with Gasteiger partial charge in [0.1, 0.15) is 30.5 Å². The zero-order chi connectivity index (χ0) is 36.6. The molecule has 3 heterocycles. The third kappa shape index (κ3) is 10.7. The Labute approximate surface area is 292 Å². The van der Waals surface area contributed by atoms with Gasteiger partial charge in [-0.3, -0.25) is 13.6 Å². The summed E-state index contributed by atoms with van der Waals surface area (Å²) in [5.74, 6) is 0.394. The highest BCUT2D eigenvalue weighted by Crippen LogP contribution is 2.48. The van der Waals surface area contributed by atoms with E-state index in [1.807, 2.05) is 38.1 Å². The van der Waals surface area contributed by atoms with Crippen molar-refractivity contribution in [2.24, 2.45) is 0 Å². The van der Waals surface area contributed by atoms with Crippen molar-refractivity contribution in [2.75, 3.05) is 31.9 Å². The zero-order valence-corrected chi connectivity index (χ0v) is 29.9. The van der Waals surface area contributed by atoms with Crippen LogP contribution in [-0.2, 0) is 42.0 Å². The number of benzene rings is 1. The van der Waals surface area contributed by atoms with E-state index in [-0.39, 0.29) is 17.0 Å². The van der Waals surface area contributed by atoms with Gasteiger partial charge in [0.15, 0.2) is 11.9 Å². The van der Waals surface area contributed by atoms with Crippen LogP contribution in [0.25, 0.3) is 11.0 Å². The molecule has 1 saturated heterocycles. The molecule has 1 aliphatic heterocycles. The van der Waals surface area contributed by atoms with Crippen LogP contribution >= 0.6 is 19.2 Å². The van der Waals surface area contributed by atoms with Crippen molar-refractivity contribution in [3.63, 3.8) is 0 Å². The van der Waals surface area contributed by atoms with Crippen LogP contribution in [0.3, 0.4) is 0 Å². The summed E-state index contributed by atoms with van der Waals surface area (Å²) in [7, 11) is -4.28. The number of fused-ring (bicyclic) bond motifs is 1. The Morgan fingerprint density at radius 1 is 0.980 bits per heavy atom. The molecule has 1 aromatic carbocycles. The fourth-order valence-electron chi connectivity index (χ4n) is 4.56. The molecule has 0 saturated carbocycles. The summed E-state index contributed by atoms with van der Waals surface area (Å²) in [4.78, 5) is 32.0. The number of anilines is 1. The van der Waals surface area contributed by atoms with Gasteiger partial charge in [0.2, 0.25) is 18.9 Å². The number of nitrogens with zero attached hydrogens (tertiary/aromatic N) is 4. The lowest BCUT2D eigenvalue weighted by atomic mass is 10.1. The van der Waals surface area contributed by atoms with Crippen LogP contribution in [0, 0.1) is 6.92 Å². The van der Waals surface area contributed by atoms with Gasteiger partial charge in [-0.15, -0.1) is 0 Å². The molecule has 0 bridgehead atoms. The molecule has 5 atom stereocenters. The number of ether oxygens (including phenoxy) is 6. The van der Waals surface area contributed by atoms with Crippen LogP contribution in [0.4, 0.5) is 15.4 Å². The van der Waals surface area contributed by atoms with Crippen molar-refractivity contribution in [1.29, 1.82) is 0 Å². The Morgan fingerprint density at radius 3 is 2.16 bits per heavy atom. The smallest absolute Gasteiger partial charge is 0.432 e. The Hall–Kier alpha value is -3.61. The van der Waals surface area contributed by atoms with Gasteiger partial charge in [0.05, 0.1) is 30.4 Å². The predicted octanol–water partition coefficient (Wildman–Crippen LogP) is 4.82. The number of aliphatic hydroxyl groups excluding tert-OH is 2. The van der Waals surface area contributed by atoms with Gasteiger partial charge in [-0.2, -0.15) is 15.1 Å². The van der Waals surface area contributed by atoms with E-state index in [1.54, 1.807) is 27.7 Å². The second kappa shape index (κ2) is 17.5. The van der Waals surface area contributed by atoms with Crippen molar-refractivity contribution in [3.8, 4) is 0 Å². The first kappa shape index (κ1) is 39.2. The molecular formula is C30H41ClN5O13P. The number of carbonyl (C=O) groups excluding carboxylic acids is 2. The fraction of sp³-hybridized carbons (Fsp3) is 0.567. The highest BCUT2D eigenvalue weighted by atomic mass is 35.5. The number of aryl methyl sites for hydroxylation is 1. The number of halogens is 1. The quantitative estimate of drug-likeness (QED) is 0.0774. The monoisotopic (exact) mass is 745 g/mol. The van der Waals surface area contributed by atoms with Crippen LogP contribution in [0.2, 0.25) is 5.28 Å². The molecule has 0 radical (unpaired) electrons. The van der Waals surface area contributed by atoms with E-state index in [4.69, 9.17) is 49.1 Å². The molecule has 276 valence electrons. The predicted molar refractivity (Wildman–Crippen MR) is 175 cm³/mol. The van der Waals surface area contributed by atoms with Gasteiger partial charge in [0.25, 0.3) is 0 Å². The largest absolute Gasteiger partial charge is 0.510 e. The van der Waals surface area contributed by atoms with E-state index >= 15 is 0 Å². The minimum Gasteiger partial charge on any atom is -0.432 e. The maximum atomic E-state index is 13.4. The first-order valence-corrected chi connectivity index (χ1v) is 17.6. The standard InChI is InChI=1S/C30H41ClN5O13P/c1-16(2)47-29(39)43-13-45-50(41,46-14-44-30(40)48-17(3)4)15-42-12-22-23(37)24(38)27(49-22)36-26-21(11-32-36)25(34-28(31)35-26)33-19(6)20-9-7-18(5)8-10-20/h7-11,16-17,19,22-24,27,37-38H,12-15H2,1-6H3,(H,33,34,35)/t19-,22-,23-,24-,27-/m1/s1. The van der Waals surface area contributed by atoms with E-state index in [9.17, 15) is 24.4 Å². The van der Waals surface area contributed by atoms with Crippen molar-refractivity contribution in [2.45, 2.75) is 84.3 Å². The summed E-state index contributed by atoms with van der Waals surface area (Å²) in [6.07, 6.45) is -7.81. The van der Waals surface area contributed by atoms with E-state index in [2.05, 4.69) is 20.4 Å². The van der Waals surface area contributed by atoms with Crippen molar-refractivity contribution in [1.82, 2.24) is 19.7 Å². The lowest BCUT2D eigenvalue weighted by Crippen LogP contribution is -2.34. The summed E-state index contributed by atoms with van der Waals surface area (Å²) >= 11 is 6.27. The number of hydrogen-bond donors (Lipinski definition) is 3. The van der Waals surface area contributed by atoms with Gasteiger partial charge in [-0.25, -0.2) is 14.3 Å². The van der Waals surface area contributed by atoms with Crippen LogP contribution in [-0.4, -0.2) is 99.3 Å². The van der Waals surface area contributed by atoms with Crippen LogP contribution in [0.5, 0.6) is 0 Å². The minimum absolute atomic E-state index is 0.0931. The summed E-state index contributed by atoms with van der Waals surface area (Å²) in [5.41, 5.74) is 2.35. The van der Waals surface area contributed by atoms with E-state index < -0.39 is 83.2 Å². The number of nitrogens with one attached hydrogen (secondary N) is 1. The third-order valence-corrected chi connectivity index (χ3v) is 8.65. The first-order valence-electron chi connectivity index (χ1n) is 15.5. The Bertz CT molecular complexity index is 1610. The summed E-state index contributed by atoms with van der Waals surface area (Å²) in [5, 5.41) is 29.8. The first-order chi connectivity index (χ1) is 23.7. The number of aliphatic hydroxyl groups is 2. The van der Waals surface area contributed by atoms with E-state index in [1.165, 1.54) is 10.9 Å². The second-order valence-electron chi connectivity index (χ2n) is 11.7. The summed E-state index contributed by atoms with van der Waals surface area (Å²) < 4.78 is 55.4. The van der Waals surface area contributed by atoms with E-state index in [0.29, 0.717) is 11.2 Å². The SMILES string of the molecule is Cc1ccc([C@@H](C)Nc2nc(Cl)nc3c2cnn3[C@@H]2O[C@H](COCP(=O)(OCOC(=O)OC(C)C)OCOC(=O)OC(C)C)[C@@H](O)[C@H]2O)cc1. The maximum Gasteiger partial charge on any atom is 0.510 e. The minimum atomic E-state index is -4.28. The number of aromatic nitrogens is 4. The molecule has 18 nitrogen and oxygen atoms in total. The molecule has 50 heavy (non-hydrogen) atoms. The summed E-state index contributed by atoms with van der Waals surface area (Å²) in [6, 6.07) is 7.83. The molecule has 2 aromatic heterocycles. The zero-order valence-electron chi connectivity index (χ0n) is 28.3. The topological polar surface area (TPSA) is 221 Å². The van der Waals surface area contributed by atoms with Gasteiger partial charge < -0.3 is 44.0 Å². The Morgan fingerprint density at radius 2 is 1.58 bits per heavy atom.